The van der Waals surface area contributed by atoms with Crippen molar-refractivity contribution in [3.63, 3.8) is 0 Å². The fourth-order valence-electron chi connectivity index (χ4n) is 2.31. The van der Waals surface area contributed by atoms with Crippen LogP contribution in [0.4, 0.5) is 0 Å². The van der Waals surface area contributed by atoms with Crippen LogP contribution in [0.2, 0.25) is 0 Å². The Morgan fingerprint density at radius 3 is 2.29 bits per heavy atom. The number of nitrogens with one attached hydrogen (secondary N) is 1. The molecule has 1 atom stereocenters. The largest absolute Gasteiger partial charge is 0.396 e. The normalized spacial score (nSPS) is 19.1. The van der Waals surface area contributed by atoms with Crippen LogP contribution in [0.5, 0.6) is 0 Å². The Bertz CT molecular complexity index is 376. The lowest BCUT2D eigenvalue weighted by Crippen LogP contribution is -2.28. The summed E-state index contributed by atoms with van der Waals surface area (Å²) < 4.78 is 0. The summed E-state index contributed by atoms with van der Waals surface area (Å²) in [6.45, 7) is 7.72. The maximum atomic E-state index is 9.29. The Morgan fingerprint density at radius 1 is 1.24 bits per heavy atom. The van der Waals surface area contributed by atoms with Crippen molar-refractivity contribution in [2.24, 2.45) is 5.41 Å². The van der Waals surface area contributed by atoms with Gasteiger partial charge in [0.05, 0.1) is 0 Å². The molecule has 1 saturated carbocycles. The van der Waals surface area contributed by atoms with Gasteiger partial charge in [0.25, 0.3) is 0 Å². The van der Waals surface area contributed by atoms with Crippen LogP contribution in [0.3, 0.4) is 0 Å². The van der Waals surface area contributed by atoms with Crippen LogP contribution in [-0.2, 0) is 0 Å². The zero-order chi connectivity index (χ0) is 12.5. The Kier molecular flexibility index (Phi) is 3.55. The molecule has 2 N–H and O–H groups in total. The predicted octanol–water partition coefficient (Wildman–Crippen LogP) is 2.73. The minimum Gasteiger partial charge on any atom is -0.396 e. The van der Waals surface area contributed by atoms with Gasteiger partial charge in [-0.3, -0.25) is 0 Å². The second-order valence-electron chi connectivity index (χ2n) is 5.68. The standard InChI is InChI=1S/C15H23NO/c1-11-6-12(2)8-14(7-11)13(3)16-9-15(10-17)4-5-15/h6-8,13,16-17H,4-5,9-10H2,1-3H3. The molecule has 0 spiro atoms. The molecule has 2 rings (SSSR count). The molecule has 1 fully saturated rings. The van der Waals surface area contributed by atoms with Gasteiger partial charge >= 0.3 is 0 Å². The van der Waals surface area contributed by atoms with Crippen molar-refractivity contribution >= 4 is 0 Å². The number of rotatable bonds is 5. The molecule has 0 radical (unpaired) electrons. The second-order valence-corrected chi connectivity index (χ2v) is 5.68. The third-order valence-corrected chi connectivity index (χ3v) is 3.82. The van der Waals surface area contributed by atoms with E-state index in [0.29, 0.717) is 12.6 Å². The molecule has 0 amide bonds. The highest BCUT2D eigenvalue weighted by Gasteiger charge is 2.41. The van der Waals surface area contributed by atoms with Crippen molar-refractivity contribution < 1.29 is 5.11 Å². The maximum Gasteiger partial charge on any atom is 0.0499 e. The predicted molar refractivity (Wildman–Crippen MR) is 71.1 cm³/mol. The van der Waals surface area contributed by atoms with E-state index in [9.17, 15) is 5.11 Å². The lowest BCUT2D eigenvalue weighted by Gasteiger charge is -2.19. The molecule has 2 nitrogen and oxygen atoms in total. The van der Waals surface area contributed by atoms with E-state index in [1.807, 2.05) is 0 Å². The molecule has 0 aliphatic heterocycles. The lowest BCUT2D eigenvalue weighted by molar-refractivity contribution is 0.204. The van der Waals surface area contributed by atoms with Crippen LogP contribution in [0.25, 0.3) is 0 Å². The molecule has 1 aromatic rings. The number of aryl methyl sites for hydroxylation is 2. The number of aliphatic hydroxyl groups is 1. The van der Waals surface area contributed by atoms with Gasteiger partial charge < -0.3 is 10.4 Å². The Hall–Kier alpha value is -0.860. The average Bonchev–Trinajstić information content (AvgIpc) is 3.05. The molecule has 94 valence electrons. The van der Waals surface area contributed by atoms with Gasteiger partial charge in [0.15, 0.2) is 0 Å². The smallest absolute Gasteiger partial charge is 0.0499 e. The minimum absolute atomic E-state index is 0.188. The van der Waals surface area contributed by atoms with Crippen molar-refractivity contribution in [3.8, 4) is 0 Å². The lowest BCUT2D eigenvalue weighted by atomic mass is 10.0. The molecular weight excluding hydrogens is 210 g/mol. The molecule has 0 bridgehead atoms. The van der Waals surface area contributed by atoms with E-state index in [2.05, 4.69) is 44.3 Å². The fraction of sp³-hybridized carbons (Fsp3) is 0.600. The number of benzene rings is 1. The molecular formula is C15H23NO. The monoisotopic (exact) mass is 233 g/mol. The zero-order valence-electron chi connectivity index (χ0n) is 11.1. The van der Waals surface area contributed by atoms with E-state index in [4.69, 9.17) is 0 Å². The summed E-state index contributed by atoms with van der Waals surface area (Å²) in [6.07, 6.45) is 2.33. The third-order valence-electron chi connectivity index (χ3n) is 3.82. The summed E-state index contributed by atoms with van der Waals surface area (Å²) in [7, 11) is 0. The number of hydrogen-bond donors (Lipinski definition) is 2. The number of hydrogen-bond acceptors (Lipinski definition) is 2. The van der Waals surface area contributed by atoms with E-state index in [1.165, 1.54) is 16.7 Å². The highest BCUT2D eigenvalue weighted by atomic mass is 16.3. The quantitative estimate of drug-likeness (QED) is 0.819. The second kappa shape index (κ2) is 4.79. The molecule has 1 aliphatic rings. The van der Waals surface area contributed by atoms with Crippen LogP contribution < -0.4 is 5.32 Å². The zero-order valence-corrected chi connectivity index (χ0v) is 11.1. The van der Waals surface area contributed by atoms with Crippen molar-refractivity contribution in [1.29, 1.82) is 0 Å². The van der Waals surface area contributed by atoms with Crippen molar-refractivity contribution in [1.82, 2.24) is 5.32 Å². The highest BCUT2D eigenvalue weighted by molar-refractivity contribution is 5.30. The number of aliphatic hydroxyl groups excluding tert-OH is 1. The SMILES string of the molecule is Cc1cc(C)cc(C(C)NCC2(CO)CC2)c1. The van der Waals surface area contributed by atoms with E-state index >= 15 is 0 Å². The van der Waals surface area contributed by atoms with Crippen molar-refractivity contribution in [2.45, 2.75) is 39.7 Å². The minimum atomic E-state index is 0.188. The van der Waals surface area contributed by atoms with Gasteiger partial charge in [-0.1, -0.05) is 29.3 Å². The Labute approximate surface area is 104 Å². The summed E-state index contributed by atoms with van der Waals surface area (Å²) in [5.74, 6) is 0. The fourth-order valence-corrected chi connectivity index (χ4v) is 2.31. The molecule has 1 aromatic carbocycles. The third kappa shape index (κ3) is 3.08. The van der Waals surface area contributed by atoms with Gasteiger partial charge in [0.1, 0.15) is 0 Å². The summed E-state index contributed by atoms with van der Waals surface area (Å²) in [6, 6.07) is 7.04. The summed E-state index contributed by atoms with van der Waals surface area (Å²) in [5, 5.41) is 12.8. The molecule has 0 aromatic heterocycles. The molecule has 1 unspecified atom stereocenters. The van der Waals surface area contributed by atoms with Crippen LogP contribution in [0, 0.1) is 19.3 Å². The Balaban J connectivity index is 1.97. The van der Waals surface area contributed by atoms with Gasteiger partial charge in [-0.05, 0) is 39.2 Å². The van der Waals surface area contributed by atoms with Crippen LogP contribution in [0.1, 0.15) is 42.5 Å². The first kappa shape index (κ1) is 12.6. The van der Waals surface area contributed by atoms with Gasteiger partial charge in [-0.15, -0.1) is 0 Å². The van der Waals surface area contributed by atoms with E-state index in [0.717, 1.165) is 19.4 Å². The summed E-state index contributed by atoms with van der Waals surface area (Å²) in [4.78, 5) is 0. The van der Waals surface area contributed by atoms with Crippen LogP contribution >= 0.6 is 0 Å². The van der Waals surface area contributed by atoms with Crippen LogP contribution in [-0.4, -0.2) is 18.3 Å². The van der Waals surface area contributed by atoms with Gasteiger partial charge in [0, 0.05) is 24.6 Å². The summed E-state index contributed by atoms with van der Waals surface area (Å²) >= 11 is 0. The first-order valence-electron chi connectivity index (χ1n) is 6.47. The molecule has 17 heavy (non-hydrogen) atoms. The van der Waals surface area contributed by atoms with Gasteiger partial charge in [0.2, 0.25) is 0 Å². The topological polar surface area (TPSA) is 32.3 Å². The molecule has 0 saturated heterocycles. The van der Waals surface area contributed by atoms with Crippen molar-refractivity contribution in [3.05, 3.63) is 34.9 Å². The first-order valence-corrected chi connectivity index (χ1v) is 6.47. The first-order chi connectivity index (χ1) is 8.04. The van der Waals surface area contributed by atoms with Crippen molar-refractivity contribution in [2.75, 3.05) is 13.2 Å². The van der Waals surface area contributed by atoms with E-state index in [-0.39, 0.29) is 5.41 Å². The van der Waals surface area contributed by atoms with Gasteiger partial charge in [-0.2, -0.15) is 0 Å². The molecule has 1 aliphatic carbocycles. The average molecular weight is 233 g/mol. The summed E-state index contributed by atoms with van der Waals surface area (Å²) in [5.41, 5.74) is 4.16. The Morgan fingerprint density at radius 2 is 1.82 bits per heavy atom. The maximum absolute atomic E-state index is 9.29. The van der Waals surface area contributed by atoms with E-state index < -0.39 is 0 Å². The van der Waals surface area contributed by atoms with Gasteiger partial charge in [-0.25, -0.2) is 0 Å². The van der Waals surface area contributed by atoms with Crippen LogP contribution in [0.15, 0.2) is 18.2 Å². The van der Waals surface area contributed by atoms with E-state index in [1.54, 1.807) is 0 Å². The molecule has 0 heterocycles. The molecule has 2 heteroatoms. The highest BCUT2D eigenvalue weighted by Crippen LogP contribution is 2.44.